The van der Waals surface area contributed by atoms with Crippen LogP contribution in [0, 0.1) is 19.3 Å². The lowest BCUT2D eigenvalue weighted by Crippen LogP contribution is -2.70. The van der Waals surface area contributed by atoms with Gasteiger partial charge >= 0.3 is 6.18 Å². The van der Waals surface area contributed by atoms with Gasteiger partial charge in [0.1, 0.15) is 5.52 Å². The third kappa shape index (κ3) is 3.19. The summed E-state index contributed by atoms with van der Waals surface area (Å²) in [6.45, 7) is 4.42. The Balaban J connectivity index is 1.24. The standard InChI is InChI=1S/C26H28F3N5O/c1-14-15(2)32-22-20(31-14)8-19(33-23(22)24-11-25(12-24,13-24)26(27,28)29)16-5-6-35-21(7-16)17-9-30-34(10-17)18-3-4-18/h8-10,16,18,21H,3-7,11-13H2,1-2H3. The number of hydrogen-bond donors (Lipinski definition) is 0. The van der Waals surface area contributed by atoms with Crippen molar-refractivity contribution >= 4 is 11.0 Å². The predicted octanol–water partition coefficient (Wildman–Crippen LogP) is 5.79. The summed E-state index contributed by atoms with van der Waals surface area (Å²) in [7, 11) is 0. The van der Waals surface area contributed by atoms with E-state index in [9.17, 15) is 13.2 Å². The fraction of sp³-hybridized carbons (Fsp3) is 0.615. The Hall–Kier alpha value is -2.55. The van der Waals surface area contributed by atoms with Crippen LogP contribution >= 0.6 is 0 Å². The van der Waals surface area contributed by atoms with E-state index < -0.39 is 17.0 Å². The Kier molecular flexibility index (Phi) is 4.35. The van der Waals surface area contributed by atoms with Gasteiger partial charge in [0.05, 0.1) is 46.4 Å². The molecule has 0 aromatic carbocycles. The van der Waals surface area contributed by atoms with Crippen LogP contribution in [0.4, 0.5) is 13.2 Å². The molecule has 5 fully saturated rings. The number of hydrogen-bond acceptors (Lipinski definition) is 5. The van der Waals surface area contributed by atoms with Crippen molar-refractivity contribution in [3.05, 3.63) is 46.8 Å². The van der Waals surface area contributed by atoms with Gasteiger partial charge in [0.25, 0.3) is 0 Å². The summed E-state index contributed by atoms with van der Waals surface area (Å²) in [6.07, 6.45) is 4.07. The van der Waals surface area contributed by atoms with Crippen molar-refractivity contribution in [3.8, 4) is 0 Å². The van der Waals surface area contributed by atoms with Crippen LogP contribution < -0.4 is 0 Å². The summed E-state index contributed by atoms with van der Waals surface area (Å²) in [5, 5.41) is 4.52. The maximum Gasteiger partial charge on any atom is 0.394 e. The first-order chi connectivity index (χ1) is 16.7. The van der Waals surface area contributed by atoms with E-state index in [0.29, 0.717) is 18.2 Å². The molecule has 0 N–H and O–H groups in total. The zero-order chi connectivity index (χ0) is 24.2. The smallest absolute Gasteiger partial charge is 0.373 e. The Labute approximate surface area is 201 Å². The zero-order valence-electron chi connectivity index (χ0n) is 19.9. The number of ether oxygens (including phenoxy) is 1. The molecule has 1 saturated heterocycles. The second-order valence-corrected chi connectivity index (χ2v) is 11.3. The topological polar surface area (TPSA) is 65.7 Å². The molecule has 0 amide bonds. The molecule has 4 aliphatic carbocycles. The summed E-state index contributed by atoms with van der Waals surface area (Å²) in [5.74, 6) is 0.147. The van der Waals surface area contributed by atoms with Crippen molar-refractivity contribution in [1.82, 2.24) is 24.7 Å². The molecule has 5 aliphatic rings. The molecule has 0 spiro atoms. The van der Waals surface area contributed by atoms with Crippen molar-refractivity contribution in [2.45, 2.75) is 88.4 Å². The molecule has 2 atom stereocenters. The van der Waals surface area contributed by atoms with Crippen molar-refractivity contribution in [2.75, 3.05) is 6.61 Å². The number of aromatic nitrogens is 5. The second-order valence-electron chi connectivity index (χ2n) is 11.3. The molecule has 184 valence electrons. The number of aryl methyl sites for hydroxylation is 2. The van der Waals surface area contributed by atoms with Crippen LogP contribution in [-0.2, 0) is 10.2 Å². The number of rotatable bonds is 4. The first kappa shape index (κ1) is 21.7. The van der Waals surface area contributed by atoms with Gasteiger partial charge in [0, 0.05) is 35.4 Å². The first-order valence-corrected chi connectivity index (χ1v) is 12.6. The van der Waals surface area contributed by atoms with E-state index in [2.05, 4.69) is 11.3 Å². The van der Waals surface area contributed by atoms with E-state index in [1.807, 2.05) is 30.8 Å². The summed E-state index contributed by atoms with van der Waals surface area (Å²) >= 11 is 0. The van der Waals surface area contributed by atoms with Gasteiger partial charge in [-0.2, -0.15) is 18.3 Å². The van der Waals surface area contributed by atoms with E-state index in [1.165, 1.54) is 12.8 Å². The summed E-state index contributed by atoms with van der Waals surface area (Å²) < 4.78 is 48.9. The molecule has 9 heteroatoms. The minimum absolute atomic E-state index is 0.0588. The third-order valence-corrected chi connectivity index (χ3v) is 8.83. The van der Waals surface area contributed by atoms with Crippen LogP contribution in [0.5, 0.6) is 0 Å². The van der Waals surface area contributed by atoms with Crippen molar-refractivity contribution in [2.24, 2.45) is 5.41 Å². The molecule has 3 aromatic rings. The van der Waals surface area contributed by atoms with E-state index in [0.717, 1.165) is 46.7 Å². The van der Waals surface area contributed by atoms with Gasteiger partial charge in [-0.1, -0.05) is 0 Å². The van der Waals surface area contributed by atoms with Gasteiger partial charge < -0.3 is 4.74 Å². The Bertz CT molecular complexity index is 1320. The lowest BCUT2D eigenvalue weighted by molar-refractivity contribution is -0.337. The van der Waals surface area contributed by atoms with Gasteiger partial charge in [0.15, 0.2) is 0 Å². The largest absolute Gasteiger partial charge is 0.394 e. The minimum atomic E-state index is -4.15. The predicted molar refractivity (Wildman–Crippen MR) is 122 cm³/mol. The fourth-order valence-corrected chi connectivity index (χ4v) is 6.52. The lowest BCUT2D eigenvalue weighted by Gasteiger charge is -2.70. The number of halogens is 3. The molecule has 35 heavy (non-hydrogen) atoms. The van der Waals surface area contributed by atoms with Crippen molar-refractivity contribution in [1.29, 1.82) is 0 Å². The van der Waals surface area contributed by atoms with Gasteiger partial charge in [-0.25, -0.2) is 9.97 Å². The summed E-state index contributed by atoms with van der Waals surface area (Å²) in [5.41, 5.74) is 3.68. The van der Waals surface area contributed by atoms with Crippen LogP contribution in [0.15, 0.2) is 18.5 Å². The van der Waals surface area contributed by atoms with Crippen molar-refractivity contribution in [3.63, 3.8) is 0 Å². The van der Waals surface area contributed by atoms with Crippen LogP contribution in [0.2, 0.25) is 0 Å². The molecule has 4 heterocycles. The summed E-state index contributed by atoms with van der Waals surface area (Å²) in [6, 6.07) is 2.52. The maximum atomic E-state index is 13.6. The Morgan fingerprint density at radius 2 is 1.77 bits per heavy atom. The Morgan fingerprint density at radius 3 is 2.49 bits per heavy atom. The highest BCUT2D eigenvalue weighted by molar-refractivity contribution is 5.79. The summed E-state index contributed by atoms with van der Waals surface area (Å²) in [4.78, 5) is 14.6. The van der Waals surface area contributed by atoms with Crippen molar-refractivity contribution < 1.29 is 17.9 Å². The third-order valence-electron chi connectivity index (χ3n) is 8.83. The quantitative estimate of drug-likeness (QED) is 0.470. The van der Waals surface area contributed by atoms with E-state index in [4.69, 9.17) is 19.7 Å². The number of fused-ring (bicyclic) bond motifs is 1. The van der Waals surface area contributed by atoms with Gasteiger partial charge in [0.2, 0.25) is 0 Å². The maximum absolute atomic E-state index is 13.6. The number of alkyl halides is 3. The van der Waals surface area contributed by atoms with Crippen LogP contribution in [0.25, 0.3) is 11.0 Å². The van der Waals surface area contributed by atoms with Crippen LogP contribution in [0.1, 0.15) is 91.3 Å². The minimum Gasteiger partial charge on any atom is -0.373 e. The Morgan fingerprint density at radius 1 is 1.03 bits per heavy atom. The molecule has 4 saturated carbocycles. The van der Waals surface area contributed by atoms with Gasteiger partial charge in [-0.05, 0) is 64.9 Å². The molecule has 2 unspecified atom stereocenters. The molecule has 8 rings (SSSR count). The average Bonchev–Trinajstić information content (AvgIpc) is 3.48. The normalized spacial score (nSPS) is 32.4. The van der Waals surface area contributed by atoms with Crippen LogP contribution in [0.3, 0.4) is 0 Å². The molecule has 6 nitrogen and oxygen atoms in total. The monoisotopic (exact) mass is 483 g/mol. The molecular formula is C26H28F3N5O. The average molecular weight is 484 g/mol. The highest BCUT2D eigenvalue weighted by atomic mass is 19.4. The zero-order valence-corrected chi connectivity index (χ0v) is 19.9. The highest BCUT2D eigenvalue weighted by Gasteiger charge is 2.79. The first-order valence-electron chi connectivity index (χ1n) is 12.6. The SMILES string of the molecule is Cc1nc2cc(C3CCOC(c4cnn(C5CC5)c4)C3)nc(C34CC(C(F)(F)F)(C3)C4)c2nc1C. The van der Waals surface area contributed by atoms with E-state index in [-0.39, 0.29) is 31.3 Å². The molecule has 1 aliphatic heterocycles. The van der Waals surface area contributed by atoms with Gasteiger partial charge in [-0.15, -0.1) is 0 Å². The number of pyridine rings is 1. The molecule has 3 aromatic heterocycles. The molecule has 0 radical (unpaired) electrons. The molecular weight excluding hydrogens is 455 g/mol. The van der Waals surface area contributed by atoms with Gasteiger partial charge in [-0.3, -0.25) is 9.67 Å². The van der Waals surface area contributed by atoms with Crippen LogP contribution in [-0.4, -0.2) is 37.5 Å². The van der Waals surface area contributed by atoms with E-state index in [1.54, 1.807) is 0 Å². The van der Waals surface area contributed by atoms with E-state index >= 15 is 0 Å². The lowest BCUT2D eigenvalue weighted by atomic mass is 9.34. The fourth-order valence-electron chi connectivity index (χ4n) is 6.52. The number of nitrogens with zero attached hydrogens (tertiary/aromatic N) is 5. The second kappa shape index (κ2) is 7.02. The highest BCUT2D eigenvalue weighted by Crippen LogP contribution is 2.78. The molecule has 2 bridgehead atoms.